The molecule has 4 aliphatic carbocycles. The molecule has 4 saturated carbocycles. The molecular formula is C23H39NO3. The van der Waals surface area contributed by atoms with E-state index in [2.05, 4.69) is 32.8 Å². The maximum atomic E-state index is 12.8. The first-order valence-corrected chi connectivity index (χ1v) is 11.2. The molecule has 154 valence electrons. The smallest absolute Gasteiger partial charge is 0.139 e. The number of ether oxygens (including phenoxy) is 1. The molecule has 8 atom stereocenters. The van der Waals surface area contributed by atoms with Crippen molar-refractivity contribution in [1.29, 1.82) is 0 Å². The average molecular weight is 378 g/mol. The predicted octanol–water partition coefficient (Wildman–Crippen LogP) is 3.52. The van der Waals surface area contributed by atoms with E-state index in [1.165, 1.54) is 12.8 Å². The molecule has 0 aromatic rings. The zero-order valence-corrected chi connectivity index (χ0v) is 17.7. The normalized spacial score (nSPS) is 49.6. The molecular weight excluding hydrogens is 338 g/mol. The lowest BCUT2D eigenvalue weighted by atomic mass is 9.44. The fraction of sp³-hybridized carbons (Fsp3) is 0.957. The monoisotopic (exact) mass is 377 g/mol. The largest absolute Gasteiger partial charge is 0.393 e. The summed E-state index contributed by atoms with van der Waals surface area (Å²) in [5, 5.41) is 10.3. The van der Waals surface area contributed by atoms with Crippen LogP contribution in [0.4, 0.5) is 0 Å². The maximum Gasteiger partial charge on any atom is 0.139 e. The van der Waals surface area contributed by atoms with Gasteiger partial charge in [-0.2, -0.15) is 0 Å². The van der Waals surface area contributed by atoms with Crippen LogP contribution in [-0.4, -0.2) is 55.2 Å². The van der Waals surface area contributed by atoms with Crippen LogP contribution >= 0.6 is 0 Å². The third-order valence-electron chi connectivity index (χ3n) is 9.13. The number of nitrogens with zero attached hydrogens (tertiary/aromatic N) is 1. The number of hydrogen-bond acceptors (Lipinski definition) is 4. The summed E-state index contributed by atoms with van der Waals surface area (Å²) in [6.07, 6.45) is 8.31. The zero-order chi connectivity index (χ0) is 19.4. The molecule has 0 spiro atoms. The number of aliphatic hydroxyl groups is 1. The molecule has 3 unspecified atom stereocenters. The van der Waals surface area contributed by atoms with Crippen molar-refractivity contribution in [3.63, 3.8) is 0 Å². The topological polar surface area (TPSA) is 49.8 Å². The van der Waals surface area contributed by atoms with Gasteiger partial charge >= 0.3 is 0 Å². The number of likely N-dealkylation sites (N-methyl/N-ethyl adjacent to an activating group) is 1. The van der Waals surface area contributed by atoms with Gasteiger partial charge in [0, 0.05) is 18.4 Å². The number of carbonyl (C=O) groups is 1. The van der Waals surface area contributed by atoms with Crippen LogP contribution in [0.1, 0.15) is 65.2 Å². The Bertz CT molecular complexity index is 578. The first kappa shape index (κ1) is 19.8. The molecule has 4 fully saturated rings. The first-order valence-electron chi connectivity index (χ1n) is 11.2. The van der Waals surface area contributed by atoms with Gasteiger partial charge in [0.2, 0.25) is 0 Å². The van der Waals surface area contributed by atoms with Gasteiger partial charge in [0.25, 0.3) is 0 Å². The maximum absolute atomic E-state index is 12.8. The molecule has 0 aliphatic heterocycles. The van der Waals surface area contributed by atoms with E-state index < -0.39 is 0 Å². The highest BCUT2D eigenvalue weighted by molar-refractivity contribution is 5.87. The fourth-order valence-corrected chi connectivity index (χ4v) is 7.64. The van der Waals surface area contributed by atoms with Gasteiger partial charge in [-0.15, -0.1) is 0 Å². The Kier molecular flexibility index (Phi) is 5.22. The minimum atomic E-state index is -0.165. The van der Waals surface area contributed by atoms with E-state index in [1.54, 1.807) is 0 Å². The molecule has 0 aromatic carbocycles. The average Bonchev–Trinajstić information content (AvgIpc) is 2.90. The van der Waals surface area contributed by atoms with Gasteiger partial charge in [0.15, 0.2) is 0 Å². The molecule has 27 heavy (non-hydrogen) atoms. The van der Waals surface area contributed by atoms with Gasteiger partial charge in [-0.1, -0.05) is 13.8 Å². The molecule has 0 radical (unpaired) electrons. The summed E-state index contributed by atoms with van der Waals surface area (Å²) in [5.41, 5.74) is 0.0965. The number of hydrogen-bond donors (Lipinski definition) is 1. The van der Waals surface area contributed by atoms with Crippen LogP contribution in [-0.2, 0) is 9.53 Å². The van der Waals surface area contributed by atoms with Crippen molar-refractivity contribution < 1.29 is 14.6 Å². The highest BCUT2D eigenvalue weighted by Gasteiger charge is 2.63. The summed E-state index contributed by atoms with van der Waals surface area (Å²) >= 11 is 0. The van der Waals surface area contributed by atoms with Crippen LogP contribution in [0.3, 0.4) is 0 Å². The SMILES string of the molecule is CN(C)CCOC1C[C@]2(C)C(=O)CC[C@H]2[C@@H]2CCC3CC(O)CC[C@]3(C)[C@H]12. The number of rotatable bonds is 4. The van der Waals surface area contributed by atoms with Crippen molar-refractivity contribution in [2.24, 2.45) is 34.5 Å². The third-order valence-corrected chi connectivity index (χ3v) is 9.13. The predicted molar refractivity (Wildman–Crippen MR) is 106 cm³/mol. The number of Topliss-reactive ketones (excluding diaryl/α,β-unsaturated/α-hetero) is 1. The Labute approximate surface area is 165 Å². The lowest BCUT2D eigenvalue weighted by Gasteiger charge is -2.62. The Hall–Kier alpha value is -0.450. The van der Waals surface area contributed by atoms with Crippen molar-refractivity contribution >= 4 is 5.78 Å². The Morgan fingerprint density at radius 3 is 2.70 bits per heavy atom. The molecule has 4 aliphatic rings. The van der Waals surface area contributed by atoms with Crippen LogP contribution < -0.4 is 0 Å². The van der Waals surface area contributed by atoms with E-state index in [1.807, 2.05) is 0 Å². The lowest BCUT2D eigenvalue weighted by molar-refractivity contribution is -0.189. The van der Waals surface area contributed by atoms with Crippen molar-refractivity contribution in [2.75, 3.05) is 27.2 Å². The van der Waals surface area contributed by atoms with Crippen molar-refractivity contribution in [2.45, 2.75) is 77.4 Å². The van der Waals surface area contributed by atoms with Gasteiger partial charge in [0.05, 0.1) is 18.8 Å². The van der Waals surface area contributed by atoms with Gasteiger partial charge in [0.1, 0.15) is 5.78 Å². The second-order valence-corrected chi connectivity index (χ2v) is 10.8. The highest BCUT2D eigenvalue weighted by Crippen LogP contribution is 2.65. The molecule has 0 saturated heterocycles. The molecule has 1 N–H and O–H groups in total. The van der Waals surface area contributed by atoms with E-state index in [0.717, 1.165) is 51.7 Å². The van der Waals surface area contributed by atoms with Crippen LogP contribution in [0.5, 0.6) is 0 Å². The van der Waals surface area contributed by atoms with E-state index in [0.29, 0.717) is 29.5 Å². The minimum absolute atomic E-state index is 0.116. The minimum Gasteiger partial charge on any atom is -0.393 e. The second-order valence-electron chi connectivity index (χ2n) is 10.8. The summed E-state index contributed by atoms with van der Waals surface area (Å²) < 4.78 is 6.57. The van der Waals surface area contributed by atoms with E-state index in [9.17, 15) is 9.90 Å². The quantitative estimate of drug-likeness (QED) is 0.814. The summed E-state index contributed by atoms with van der Waals surface area (Å²) in [6.45, 7) is 6.41. The molecule has 4 rings (SSSR count). The third kappa shape index (κ3) is 3.20. The van der Waals surface area contributed by atoms with E-state index >= 15 is 0 Å². The van der Waals surface area contributed by atoms with E-state index in [4.69, 9.17) is 4.74 Å². The number of carbonyl (C=O) groups excluding carboxylic acids is 1. The van der Waals surface area contributed by atoms with Gasteiger partial charge in [-0.3, -0.25) is 4.79 Å². The van der Waals surface area contributed by atoms with Crippen molar-refractivity contribution in [3.05, 3.63) is 0 Å². The van der Waals surface area contributed by atoms with E-state index in [-0.39, 0.29) is 23.0 Å². The molecule has 0 aromatic heterocycles. The summed E-state index contributed by atoms with van der Waals surface area (Å²) in [5.74, 6) is 2.82. The summed E-state index contributed by atoms with van der Waals surface area (Å²) in [6, 6.07) is 0. The Morgan fingerprint density at radius 2 is 1.96 bits per heavy atom. The molecule has 0 bridgehead atoms. The van der Waals surface area contributed by atoms with Gasteiger partial charge in [-0.05, 0) is 88.1 Å². The van der Waals surface area contributed by atoms with Crippen LogP contribution in [0.2, 0.25) is 0 Å². The second kappa shape index (κ2) is 7.11. The van der Waals surface area contributed by atoms with Gasteiger partial charge < -0.3 is 14.7 Å². The molecule has 0 heterocycles. The molecule has 4 heteroatoms. The Balaban J connectivity index is 1.64. The fourth-order valence-electron chi connectivity index (χ4n) is 7.64. The van der Waals surface area contributed by atoms with Gasteiger partial charge in [-0.25, -0.2) is 0 Å². The lowest BCUT2D eigenvalue weighted by Crippen LogP contribution is -2.59. The standard InChI is InChI=1S/C23H39NO3/c1-22-10-9-16(25)13-15(22)5-6-17-18-7-8-20(26)23(18,2)14-19(21(17)22)27-12-11-24(3)4/h15-19,21,25H,5-14H2,1-4H3/t15?,16?,17-,18-,19?,21-,22-,23-/m0/s1. The number of aliphatic hydroxyl groups excluding tert-OH is 1. The van der Waals surface area contributed by atoms with Crippen molar-refractivity contribution in [3.8, 4) is 0 Å². The Morgan fingerprint density at radius 1 is 1.19 bits per heavy atom. The molecule has 4 nitrogen and oxygen atoms in total. The van der Waals surface area contributed by atoms with Crippen LogP contribution in [0.25, 0.3) is 0 Å². The summed E-state index contributed by atoms with van der Waals surface area (Å²) in [7, 11) is 4.18. The zero-order valence-electron chi connectivity index (χ0n) is 17.7. The van der Waals surface area contributed by atoms with Crippen LogP contribution in [0.15, 0.2) is 0 Å². The van der Waals surface area contributed by atoms with Crippen molar-refractivity contribution in [1.82, 2.24) is 4.90 Å². The molecule has 0 amide bonds. The first-order chi connectivity index (χ1) is 12.8. The van der Waals surface area contributed by atoms with Crippen LogP contribution in [0, 0.1) is 34.5 Å². The summed E-state index contributed by atoms with van der Waals surface area (Å²) in [4.78, 5) is 15.0. The number of ketones is 1. The number of fused-ring (bicyclic) bond motifs is 5. The highest BCUT2D eigenvalue weighted by atomic mass is 16.5.